The summed E-state index contributed by atoms with van der Waals surface area (Å²) in [5, 5.41) is 12.8. The molecule has 1 aromatic carbocycles. The summed E-state index contributed by atoms with van der Waals surface area (Å²) in [4.78, 5) is 16.9. The Balaban J connectivity index is 1.87. The van der Waals surface area contributed by atoms with E-state index in [1.165, 1.54) is 24.4 Å². The average molecular weight is 418 g/mol. The van der Waals surface area contributed by atoms with Gasteiger partial charge >= 0.3 is 0 Å². The normalized spacial score (nSPS) is 11.6. The summed E-state index contributed by atoms with van der Waals surface area (Å²) in [6.07, 6.45) is 1.43. The minimum absolute atomic E-state index is 0.0993. The fourth-order valence-corrected chi connectivity index (χ4v) is 2.79. The highest BCUT2D eigenvalue weighted by molar-refractivity contribution is 6.37. The van der Waals surface area contributed by atoms with E-state index in [1.54, 1.807) is 19.2 Å². The van der Waals surface area contributed by atoms with E-state index in [0.29, 0.717) is 6.61 Å². The molecule has 0 aliphatic heterocycles. The Morgan fingerprint density at radius 1 is 1.19 bits per heavy atom. The van der Waals surface area contributed by atoms with Crippen LogP contribution in [-0.2, 0) is 17.9 Å². The number of halogens is 1. The molecule has 3 aromatic rings. The van der Waals surface area contributed by atoms with Gasteiger partial charge < -0.3 is 16.3 Å². The minimum Gasteiger partial charge on any atom is -0.378 e. The van der Waals surface area contributed by atoms with Crippen LogP contribution in [-0.4, -0.2) is 34.0 Å². The summed E-state index contributed by atoms with van der Waals surface area (Å²) in [6, 6.07) is 13.3. The topological polar surface area (TPSA) is 148 Å². The summed E-state index contributed by atoms with van der Waals surface area (Å²) < 4.78 is 19.6. The van der Waals surface area contributed by atoms with Crippen molar-refractivity contribution < 1.29 is 9.13 Å². The highest BCUT2D eigenvalue weighted by atomic mass is 19.1. The lowest BCUT2D eigenvalue weighted by Gasteiger charge is -2.07. The number of benzene rings is 1. The van der Waals surface area contributed by atoms with E-state index < -0.39 is 5.82 Å². The van der Waals surface area contributed by atoms with Gasteiger partial charge in [-0.05, 0) is 30.3 Å². The van der Waals surface area contributed by atoms with Gasteiger partial charge in [-0.2, -0.15) is 10.4 Å². The van der Waals surface area contributed by atoms with Crippen molar-refractivity contribution in [3.63, 3.8) is 0 Å². The maximum atomic E-state index is 14.6. The summed E-state index contributed by atoms with van der Waals surface area (Å²) in [5.41, 5.74) is 8.02. The van der Waals surface area contributed by atoms with Gasteiger partial charge in [-0.1, -0.05) is 12.1 Å². The number of aliphatic imine (C=N–C) groups is 1. The van der Waals surface area contributed by atoms with Gasteiger partial charge in [0.2, 0.25) is 5.95 Å². The summed E-state index contributed by atoms with van der Waals surface area (Å²) in [6.45, 7) is 0.683. The minimum atomic E-state index is -0.698. The van der Waals surface area contributed by atoms with Gasteiger partial charge in [0.15, 0.2) is 0 Å². The molecule has 0 atom stereocenters. The molecular formula is C21H19FN8O. The maximum absolute atomic E-state index is 14.6. The number of rotatable bonds is 7. The van der Waals surface area contributed by atoms with Crippen molar-refractivity contribution in [2.24, 2.45) is 15.9 Å². The first kappa shape index (κ1) is 21.5. The van der Waals surface area contributed by atoms with Crippen LogP contribution in [0.1, 0.15) is 22.6 Å². The molecule has 0 bridgehead atoms. The molecule has 0 unspecified atom stereocenters. The number of hydrogen-bond acceptors (Lipinski definition) is 9. The Morgan fingerprint density at radius 2 is 1.97 bits per heavy atom. The van der Waals surface area contributed by atoms with Crippen molar-refractivity contribution in [2.45, 2.75) is 13.2 Å². The molecule has 0 saturated heterocycles. The summed E-state index contributed by atoms with van der Waals surface area (Å²) in [7, 11) is 1.60. The van der Waals surface area contributed by atoms with Crippen LogP contribution in [0.2, 0.25) is 0 Å². The molecule has 0 spiro atoms. The zero-order valence-corrected chi connectivity index (χ0v) is 16.7. The van der Waals surface area contributed by atoms with Crippen molar-refractivity contribution in [1.29, 1.82) is 5.26 Å². The quantitative estimate of drug-likeness (QED) is 0.339. The SMILES string of the molecule is COCc1cccc(CN=CC(=NN)c2cc(-c3cccc(C#N)c3F)nc(N)n2)n1. The molecule has 0 aliphatic carbocycles. The van der Waals surface area contributed by atoms with E-state index in [-0.39, 0.29) is 40.7 Å². The van der Waals surface area contributed by atoms with E-state index in [1.807, 2.05) is 18.2 Å². The van der Waals surface area contributed by atoms with Gasteiger partial charge in [0.25, 0.3) is 0 Å². The molecule has 0 saturated carbocycles. The Hall–Kier alpha value is -4.23. The van der Waals surface area contributed by atoms with Crippen molar-refractivity contribution in [3.05, 3.63) is 70.9 Å². The number of aromatic nitrogens is 3. The lowest BCUT2D eigenvalue weighted by atomic mass is 10.1. The second-order valence-corrected chi connectivity index (χ2v) is 6.31. The molecule has 3 rings (SSSR count). The predicted octanol–water partition coefficient (Wildman–Crippen LogP) is 2.21. The number of nitrogens with two attached hydrogens (primary N) is 2. The number of ether oxygens (including phenoxy) is 1. The third-order valence-electron chi connectivity index (χ3n) is 4.16. The van der Waals surface area contributed by atoms with Crippen molar-refractivity contribution in [2.75, 3.05) is 12.8 Å². The molecule has 10 heteroatoms. The number of nitrogens with zero attached hydrogens (tertiary/aromatic N) is 6. The van der Waals surface area contributed by atoms with Crippen LogP contribution in [0.15, 0.2) is 52.6 Å². The molecule has 4 N–H and O–H groups in total. The molecule has 156 valence electrons. The van der Waals surface area contributed by atoms with Gasteiger partial charge in [-0.25, -0.2) is 14.4 Å². The summed E-state index contributed by atoms with van der Waals surface area (Å²) >= 11 is 0. The van der Waals surface area contributed by atoms with Gasteiger partial charge in [-0.15, -0.1) is 0 Å². The molecule has 2 heterocycles. The average Bonchev–Trinajstić information content (AvgIpc) is 2.77. The third kappa shape index (κ3) is 5.23. The molecule has 0 fully saturated rings. The van der Waals surface area contributed by atoms with Crippen LogP contribution in [0.4, 0.5) is 10.3 Å². The van der Waals surface area contributed by atoms with Crippen molar-refractivity contribution in [3.8, 4) is 17.3 Å². The van der Waals surface area contributed by atoms with E-state index in [4.69, 9.17) is 21.6 Å². The first-order chi connectivity index (χ1) is 15.0. The lowest BCUT2D eigenvalue weighted by molar-refractivity contribution is 0.181. The second-order valence-electron chi connectivity index (χ2n) is 6.31. The van der Waals surface area contributed by atoms with Gasteiger partial charge in [0.05, 0.1) is 47.7 Å². The first-order valence-corrected chi connectivity index (χ1v) is 9.11. The number of anilines is 1. The van der Waals surface area contributed by atoms with Gasteiger partial charge in [0, 0.05) is 12.7 Å². The van der Waals surface area contributed by atoms with Crippen LogP contribution in [0.25, 0.3) is 11.3 Å². The van der Waals surface area contributed by atoms with Crippen molar-refractivity contribution >= 4 is 17.9 Å². The van der Waals surface area contributed by atoms with Crippen LogP contribution in [0.5, 0.6) is 0 Å². The number of pyridine rings is 1. The molecule has 0 radical (unpaired) electrons. The first-order valence-electron chi connectivity index (χ1n) is 9.11. The van der Waals surface area contributed by atoms with Crippen molar-refractivity contribution in [1.82, 2.24) is 15.0 Å². The largest absolute Gasteiger partial charge is 0.378 e. The Bertz CT molecular complexity index is 1190. The summed E-state index contributed by atoms with van der Waals surface area (Å²) in [5.74, 6) is 4.71. The Morgan fingerprint density at radius 3 is 2.71 bits per heavy atom. The smallest absolute Gasteiger partial charge is 0.221 e. The maximum Gasteiger partial charge on any atom is 0.221 e. The highest BCUT2D eigenvalue weighted by Gasteiger charge is 2.14. The fourth-order valence-electron chi connectivity index (χ4n) is 2.79. The zero-order valence-electron chi connectivity index (χ0n) is 16.7. The highest BCUT2D eigenvalue weighted by Crippen LogP contribution is 2.24. The number of nitrogen functional groups attached to an aromatic ring is 1. The van der Waals surface area contributed by atoms with Crippen LogP contribution in [0.3, 0.4) is 0 Å². The molecule has 0 aliphatic rings. The van der Waals surface area contributed by atoms with Crippen LogP contribution in [0, 0.1) is 17.1 Å². The second kappa shape index (κ2) is 10.00. The van der Waals surface area contributed by atoms with Crippen LogP contribution < -0.4 is 11.6 Å². The number of hydrazone groups is 1. The Labute approximate surface area is 178 Å². The molecule has 31 heavy (non-hydrogen) atoms. The van der Waals surface area contributed by atoms with E-state index in [9.17, 15) is 4.39 Å². The Kier molecular flexibility index (Phi) is 6.93. The molecule has 0 amide bonds. The monoisotopic (exact) mass is 418 g/mol. The zero-order chi connectivity index (χ0) is 22.2. The van der Waals surface area contributed by atoms with Crippen LogP contribution >= 0.6 is 0 Å². The molecular weight excluding hydrogens is 399 g/mol. The number of hydrogen-bond donors (Lipinski definition) is 2. The van der Waals surface area contributed by atoms with E-state index in [0.717, 1.165) is 11.4 Å². The molecule has 2 aromatic heterocycles. The fraction of sp³-hybridized carbons (Fsp3) is 0.143. The van der Waals surface area contributed by atoms with E-state index >= 15 is 0 Å². The molecule has 9 nitrogen and oxygen atoms in total. The predicted molar refractivity (Wildman–Crippen MR) is 114 cm³/mol. The number of methoxy groups -OCH3 is 1. The van der Waals surface area contributed by atoms with Gasteiger partial charge in [-0.3, -0.25) is 9.98 Å². The van der Waals surface area contributed by atoms with Gasteiger partial charge in [0.1, 0.15) is 17.6 Å². The number of nitriles is 1. The third-order valence-corrected chi connectivity index (χ3v) is 4.16. The standard InChI is InChI=1S/C21H19FN8O/c1-31-12-15-6-3-5-14(27-15)10-26-11-19(30-25)18-8-17(28-21(24)29-18)16-7-2-4-13(9-23)20(16)22/h2-8,11H,10,12,25H2,1H3,(H2,24,28,29). The van der Waals surface area contributed by atoms with E-state index in [2.05, 4.69) is 25.0 Å². The lowest BCUT2D eigenvalue weighted by Crippen LogP contribution is -2.12.